The molecule has 5 heteroatoms. The third kappa shape index (κ3) is 3.60. The van der Waals surface area contributed by atoms with Gasteiger partial charge in [0, 0.05) is 26.2 Å². The third-order valence-electron chi connectivity index (χ3n) is 6.03. The molecule has 0 N–H and O–H groups in total. The first-order valence-corrected chi connectivity index (χ1v) is 10.2. The molecule has 1 atom stereocenters. The first kappa shape index (κ1) is 18.7. The number of morpholine rings is 1. The fraction of sp³-hybridized carbons (Fsp3) is 0.650. The van der Waals surface area contributed by atoms with Crippen LogP contribution in [0.5, 0.6) is 0 Å². The van der Waals surface area contributed by atoms with Crippen molar-refractivity contribution in [1.29, 1.82) is 0 Å². The minimum atomic E-state index is 0.159. The van der Waals surface area contributed by atoms with Gasteiger partial charge in [0.25, 0.3) is 0 Å². The van der Waals surface area contributed by atoms with Crippen molar-refractivity contribution in [3.8, 4) is 0 Å². The van der Waals surface area contributed by atoms with Gasteiger partial charge in [-0.05, 0) is 68.0 Å². The quantitative estimate of drug-likeness (QED) is 0.824. The van der Waals surface area contributed by atoms with Crippen LogP contribution in [0.15, 0.2) is 0 Å². The molecule has 0 saturated carbocycles. The van der Waals surface area contributed by atoms with E-state index in [4.69, 9.17) is 4.74 Å². The van der Waals surface area contributed by atoms with Gasteiger partial charge in [0.05, 0.1) is 19.0 Å². The van der Waals surface area contributed by atoms with E-state index in [2.05, 4.69) is 44.4 Å². The molecule has 2 aliphatic heterocycles. The molecule has 2 aliphatic rings. The molecule has 4 nitrogen and oxygen atoms in total. The first-order valence-electron chi connectivity index (χ1n) is 9.19. The highest BCUT2D eigenvalue weighted by Gasteiger charge is 2.35. The monoisotopic (exact) mass is 362 g/mol. The van der Waals surface area contributed by atoms with Gasteiger partial charge in [-0.15, -0.1) is 11.8 Å². The summed E-state index contributed by atoms with van der Waals surface area (Å²) in [5, 5.41) is 0.159. The number of hydrogen-bond acceptors (Lipinski definition) is 4. The number of benzene rings is 1. The van der Waals surface area contributed by atoms with Gasteiger partial charge in [-0.1, -0.05) is 0 Å². The molecule has 0 spiro atoms. The summed E-state index contributed by atoms with van der Waals surface area (Å²) in [6.45, 7) is 16.4. The second-order valence-electron chi connectivity index (χ2n) is 7.24. The Morgan fingerprint density at radius 2 is 1.48 bits per heavy atom. The Bertz CT molecular complexity index is 639. The number of nitrogens with zero attached hydrogens (tertiary/aromatic N) is 2. The Balaban J connectivity index is 1.84. The smallest absolute Gasteiger partial charge is 0.233 e. The van der Waals surface area contributed by atoms with Gasteiger partial charge in [-0.25, -0.2) is 0 Å². The maximum atomic E-state index is 12.6. The predicted octanol–water partition coefficient (Wildman–Crippen LogP) is 3.13. The van der Waals surface area contributed by atoms with E-state index >= 15 is 0 Å². The lowest BCUT2D eigenvalue weighted by Gasteiger charge is -2.32. The molecule has 0 aromatic heterocycles. The van der Waals surface area contributed by atoms with E-state index in [1.165, 1.54) is 33.4 Å². The Kier molecular flexibility index (Phi) is 5.76. The van der Waals surface area contributed by atoms with E-state index in [0.29, 0.717) is 5.75 Å². The topological polar surface area (TPSA) is 32.8 Å². The molecule has 25 heavy (non-hydrogen) atoms. The molecule has 2 heterocycles. The average Bonchev–Trinajstić information content (AvgIpc) is 2.98. The predicted molar refractivity (Wildman–Crippen MR) is 104 cm³/mol. The van der Waals surface area contributed by atoms with Crippen LogP contribution in [0.2, 0.25) is 0 Å². The van der Waals surface area contributed by atoms with Gasteiger partial charge >= 0.3 is 0 Å². The number of ether oxygens (including phenoxy) is 1. The molecule has 2 saturated heterocycles. The third-order valence-corrected chi connectivity index (χ3v) is 7.25. The molecule has 3 rings (SSSR count). The van der Waals surface area contributed by atoms with Gasteiger partial charge in [0.2, 0.25) is 5.91 Å². The zero-order valence-corrected chi connectivity index (χ0v) is 17.0. The van der Waals surface area contributed by atoms with Crippen molar-refractivity contribution in [2.75, 3.05) is 45.1 Å². The van der Waals surface area contributed by atoms with Crippen LogP contribution in [0.3, 0.4) is 0 Å². The summed E-state index contributed by atoms with van der Waals surface area (Å²) in [7, 11) is 0. The second-order valence-corrected chi connectivity index (χ2v) is 8.31. The van der Waals surface area contributed by atoms with Crippen molar-refractivity contribution in [2.24, 2.45) is 0 Å². The highest BCUT2D eigenvalue weighted by Crippen LogP contribution is 2.43. The van der Waals surface area contributed by atoms with E-state index in [1.54, 1.807) is 11.8 Å². The molecule has 1 unspecified atom stereocenters. The molecular weight excluding hydrogens is 332 g/mol. The number of rotatable bonds is 4. The van der Waals surface area contributed by atoms with E-state index in [9.17, 15) is 4.79 Å². The second kappa shape index (κ2) is 7.68. The van der Waals surface area contributed by atoms with Crippen molar-refractivity contribution in [3.63, 3.8) is 0 Å². The van der Waals surface area contributed by atoms with E-state index in [1.807, 2.05) is 0 Å². The lowest BCUT2D eigenvalue weighted by molar-refractivity contribution is -0.128. The maximum absolute atomic E-state index is 12.6. The summed E-state index contributed by atoms with van der Waals surface area (Å²) in [4.78, 5) is 17.1. The van der Waals surface area contributed by atoms with E-state index < -0.39 is 0 Å². The van der Waals surface area contributed by atoms with Gasteiger partial charge < -0.3 is 9.64 Å². The van der Waals surface area contributed by atoms with Gasteiger partial charge in [0.15, 0.2) is 0 Å². The fourth-order valence-corrected chi connectivity index (χ4v) is 5.30. The highest BCUT2D eigenvalue weighted by molar-refractivity contribution is 8.00. The molecule has 0 aliphatic carbocycles. The maximum Gasteiger partial charge on any atom is 0.233 e. The fourth-order valence-electron chi connectivity index (χ4n) is 3.91. The molecule has 1 aromatic carbocycles. The van der Waals surface area contributed by atoms with Crippen molar-refractivity contribution in [2.45, 2.75) is 40.0 Å². The summed E-state index contributed by atoms with van der Waals surface area (Å²) < 4.78 is 5.43. The molecule has 138 valence electrons. The Labute approximate surface area is 155 Å². The van der Waals surface area contributed by atoms with Crippen molar-refractivity contribution in [1.82, 2.24) is 9.80 Å². The van der Waals surface area contributed by atoms with Crippen LogP contribution in [0.4, 0.5) is 0 Å². The zero-order valence-electron chi connectivity index (χ0n) is 16.1. The minimum absolute atomic E-state index is 0.159. The average molecular weight is 363 g/mol. The van der Waals surface area contributed by atoms with Crippen molar-refractivity contribution >= 4 is 17.7 Å². The standard InChI is InChI=1S/C20H30N2O2S/c1-13-14(2)16(4)19(17(5)15(13)3)20-22(18(23)12-25-20)7-6-21-8-10-24-11-9-21/h20H,6-12H2,1-5H3. The highest BCUT2D eigenvalue weighted by atomic mass is 32.2. The summed E-state index contributed by atoms with van der Waals surface area (Å²) in [6, 6.07) is 0. The number of thioether (sulfide) groups is 1. The number of amides is 1. The molecule has 2 fully saturated rings. The Hall–Kier alpha value is -1.04. The molecule has 1 amide bonds. The van der Waals surface area contributed by atoms with Gasteiger partial charge in [-0.3, -0.25) is 9.69 Å². The van der Waals surface area contributed by atoms with Crippen LogP contribution < -0.4 is 0 Å². The van der Waals surface area contributed by atoms with Crippen LogP contribution in [-0.4, -0.2) is 60.9 Å². The van der Waals surface area contributed by atoms with Gasteiger partial charge in [-0.2, -0.15) is 0 Å². The summed E-state index contributed by atoms with van der Waals surface area (Å²) in [6.07, 6.45) is 0. The minimum Gasteiger partial charge on any atom is -0.379 e. The van der Waals surface area contributed by atoms with E-state index in [-0.39, 0.29) is 11.3 Å². The summed E-state index contributed by atoms with van der Waals surface area (Å²) >= 11 is 1.78. The molecule has 0 radical (unpaired) electrons. The molecular formula is C20H30N2O2S. The Morgan fingerprint density at radius 1 is 0.920 bits per heavy atom. The van der Waals surface area contributed by atoms with Crippen LogP contribution in [0.25, 0.3) is 0 Å². The Morgan fingerprint density at radius 3 is 2.08 bits per heavy atom. The summed E-state index contributed by atoms with van der Waals surface area (Å²) in [5.74, 6) is 0.872. The largest absolute Gasteiger partial charge is 0.379 e. The normalized spacial score (nSPS) is 22.0. The van der Waals surface area contributed by atoms with Crippen LogP contribution in [-0.2, 0) is 9.53 Å². The SMILES string of the molecule is Cc1c(C)c(C)c(C2SCC(=O)N2CCN2CCOCC2)c(C)c1C. The number of hydrogen-bond donors (Lipinski definition) is 0. The molecule has 0 bridgehead atoms. The lowest BCUT2D eigenvalue weighted by atomic mass is 9.89. The van der Waals surface area contributed by atoms with Crippen molar-refractivity contribution in [3.05, 3.63) is 33.4 Å². The number of carbonyl (C=O) groups is 1. The van der Waals surface area contributed by atoms with Crippen LogP contribution in [0, 0.1) is 34.6 Å². The zero-order chi connectivity index (χ0) is 18.1. The van der Waals surface area contributed by atoms with Gasteiger partial charge in [0.1, 0.15) is 5.37 Å². The van der Waals surface area contributed by atoms with E-state index in [0.717, 1.165) is 39.4 Å². The summed E-state index contributed by atoms with van der Waals surface area (Å²) in [5.41, 5.74) is 8.18. The lowest BCUT2D eigenvalue weighted by Crippen LogP contribution is -2.42. The first-order chi connectivity index (χ1) is 11.9. The number of carbonyl (C=O) groups excluding carboxylic acids is 1. The van der Waals surface area contributed by atoms with Crippen LogP contribution >= 0.6 is 11.8 Å². The van der Waals surface area contributed by atoms with Crippen molar-refractivity contribution < 1.29 is 9.53 Å². The van der Waals surface area contributed by atoms with Crippen LogP contribution in [0.1, 0.15) is 38.8 Å². The molecule has 1 aromatic rings.